The van der Waals surface area contributed by atoms with Gasteiger partial charge in [-0.1, -0.05) is 5.16 Å². The zero-order valence-corrected chi connectivity index (χ0v) is 10.5. The van der Waals surface area contributed by atoms with Gasteiger partial charge in [0.25, 0.3) is 0 Å². The number of nitrogens with zero attached hydrogens (tertiary/aromatic N) is 2. The molecule has 1 heterocycles. The monoisotopic (exact) mass is 255 g/mol. The fourth-order valence-corrected chi connectivity index (χ4v) is 2.77. The van der Waals surface area contributed by atoms with Gasteiger partial charge in [-0.05, 0) is 38.0 Å². The quantitative estimate of drug-likeness (QED) is 0.288. The summed E-state index contributed by atoms with van der Waals surface area (Å²) in [5, 5.41) is 20.7. The zero-order valence-electron chi connectivity index (χ0n) is 10.5. The molecule has 0 aromatic heterocycles. The third-order valence-corrected chi connectivity index (χ3v) is 4.10. The lowest BCUT2D eigenvalue weighted by atomic mass is 9.93. The molecule has 2 rings (SSSR count). The maximum Gasteiger partial charge on any atom is 0.236 e. The van der Waals surface area contributed by atoms with Crippen LogP contribution in [-0.2, 0) is 4.79 Å². The molecule has 0 aromatic rings. The molecule has 0 radical (unpaired) electrons. The Balaban J connectivity index is 2.01. The first-order chi connectivity index (χ1) is 8.64. The van der Waals surface area contributed by atoms with E-state index in [0.29, 0.717) is 25.3 Å². The minimum Gasteiger partial charge on any atom is -0.409 e. The van der Waals surface area contributed by atoms with Crippen LogP contribution in [-0.4, -0.2) is 46.7 Å². The minimum absolute atomic E-state index is 0.0135. The number of carbonyl (C=O) groups excluding carboxylic acids is 1. The van der Waals surface area contributed by atoms with E-state index in [9.17, 15) is 4.79 Å². The Morgan fingerprint density at radius 3 is 2.78 bits per heavy atom. The Hall–Kier alpha value is -1.30. The molecule has 102 valence electrons. The highest BCUT2D eigenvalue weighted by Gasteiger charge is 2.56. The fourth-order valence-electron chi connectivity index (χ4n) is 2.77. The first kappa shape index (κ1) is 13.1. The van der Waals surface area contributed by atoms with Gasteiger partial charge in [0, 0.05) is 19.7 Å². The van der Waals surface area contributed by atoms with Crippen molar-refractivity contribution in [2.24, 2.45) is 22.2 Å². The second-order valence-electron chi connectivity index (χ2n) is 5.34. The van der Waals surface area contributed by atoms with Gasteiger partial charge in [0.1, 0.15) is 5.41 Å². The van der Waals surface area contributed by atoms with E-state index < -0.39 is 5.41 Å². The van der Waals surface area contributed by atoms with Crippen molar-refractivity contribution in [1.29, 1.82) is 0 Å². The topological polar surface area (TPSA) is 99.2 Å². The van der Waals surface area contributed by atoms with Crippen LogP contribution >= 0.6 is 0 Å². The average molecular weight is 255 g/mol. The minimum atomic E-state index is -0.740. The summed E-state index contributed by atoms with van der Waals surface area (Å²) in [5.41, 5.74) is 4.89. The summed E-state index contributed by atoms with van der Waals surface area (Å²) in [6.45, 7) is 1.58. The lowest BCUT2D eigenvalue weighted by Gasteiger charge is -2.34. The SMILES string of the molecule is NC(=NO)C1(C(=O)N2CCCC(CCO)C2)CC1. The van der Waals surface area contributed by atoms with E-state index in [1.807, 2.05) is 4.90 Å². The smallest absolute Gasteiger partial charge is 0.236 e. The molecular formula is C12H21N3O3. The van der Waals surface area contributed by atoms with E-state index >= 15 is 0 Å². The number of amidine groups is 1. The molecule has 0 aromatic carbocycles. The highest BCUT2D eigenvalue weighted by molar-refractivity contribution is 6.09. The maximum atomic E-state index is 12.4. The highest BCUT2D eigenvalue weighted by Crippen LogP contribution is 2.48. The van der Waals surface area contributed by atoms with Gasteiger partial charge in [0.15, 0.2) is 5.84 Å². The van der Waals surface area contributed by atoms with Gasteiger partial charge in [-0.2, -0.15) is 0 Å². The van der Waals surface area contributed by atoms with Gasteiger partial charge in [-0.15, -0.1) is 0 Å². The van der Waals surface area contributed by atoms with E-state index in [1.165, 1.54) is 0 Å². The summed E-state index contributed by atoms with van der Waals surface area (Å²) in [4.78, 5) is 14.2. The molecule has 1 amide bonds. The van der Waals surface area contributed by atoms with Crippen molar-refractivity contribution >= 4 is 11.7 Å². The second kappa shape index (κ2) is 5.14. The van der Waals surface area contributed by atoms with E-state index in [-0.39, 0.29) is 18.3 Å². The van der Waals surface area contributed by atoms with Crippen LogP contribution in [0.4, 0.5) is 0 Å². The summed E-state index contributed by atoms with van der Waals surface area (Å²) in [7, 11) is 0. The van der Waals surface area contributed by atoms with Crippen LogP contribution in [0.2, 0.25) is 0 Å². The van der Waals surface area contributed by atoms with Crippen molar-refractivity contribution in [1.82, 2.24) is 4.90 Å². The predicted molar refractivity (Wildman–Crippen MR) is 66.1 cm³/mol. The van der Waals surface area contributed by atoms with Crippen molar-refractivity contribution in [2.75, 3.05) is 19.7 Å². The second-order valence-corrected chi connectivity index (χ2v) is 5.34. The lowest BCUT2D eigenvalue weighted by molar-refractivity contribution is -0.136. The molecule has 1 aliphatic carbocycles. The van der Waals surface area contributed by atoms with Gasteiger partial charge in [0.2, 0.25) is 5.91 Å². The average Bonchev–Trinajstić information content (AvgIpc) is 3.19. The number of hydrogen-bond donors (Lipinski definition) is 3. The molecule has 6 nitrogen and oxygen atoms in total. The molecule has 0 spiro atoms. The summed E-state index contributed by atoms with van der Waals surface area (Å²) >= 11 is 0. The maximum absolute atomic E-state index is 12.4. The van der Waals surface area contributed by atoms with Crippen LogP contribution < -0.4 is 5.73 Å². The summed E-state index contributed by atoms with van der Waals surface area (Å²) in [5.74, 6) is 0.396. The number of hydrogen-bond acceptors (Lipinski definition) is 4. The van der Waals surface area contributed by atoms with Gasteiger partial charge in [0.05, 0.1) is 0 Å². The molecule has 1 saturated carbocycles. The first-order valence-electron chi connectivity index (χ1n) is 6.52. The number of oxime groups is 1. The van der Waals surface area contributed by atoms with Crippen molar-refractivity contribution in [3.8, 4) is 0 Å². The zero-order chi connectivity index (χ0) is 13.2. The third kappa shape index (κ3) is 2.29. The fraction of sp³-hybridized carbons (Fsp3) is 0.833. The van der Waals surface area contributed by atoms with Crippen molar-refractivity contribution in [3.63, 3.8) is 0 Å². The predicted octanol–water partition coefficient (Wildman–Crippen LogP) is 0.134. The van der Waals surface area contributed by atoms with Gasteiger partial charge in [-0.3, -0.25) is 4.79 Å². The van der Waals surface area contributed by atoms with Crippen LogP contribution in [0.3, 0.4) is 0 Å². The van der Waals surface area contributed by atoms with Crippen molar-refractivity contribution in [3.05, 3.63) is 0 Å². The largest absolute Gasteiger partial charge is 0.409 e. The molecule has 1 aliphatic heterocycles. The number of rotatable bonds is 4. The number of amides is 1. The Labute approximate surface area is 106 Å². The number of carbonyl (C=O) groups is 1. The summed E-state index contributed by atoms with van der Waals surface area (Å²) in [6.07, 6.45) is 4.09. The Kier molecular flexibility index (Phi) is 3.75. The summed E-state index contributed by atoms with van der Waals surface area (Å²) in [6, 6.07) is 0. The standard InChI is InChI=1S/C12H21N3O3/c13-10(14-18)12(4-5-12)11(17)15-6-1-2-9(8-15)3-7-16/h9,16,18H,1-8H2,(H2,13,14). The molecule has 4 N–H and O–H groups in total. The molecule has 1 unspecified atom stereocenters. The van der Waals surface area contributed by atoms with E-state index in [0.717, 1.165) is 25.8 Å². The molecule has 6 heteroatoms. The van der Waals surface area contributed by atoms with Gasteiger partial charge >= 0.3 is 0 Å². The Morgan fingerprint density at radius 1 is 1.50 bits per heavy atom. The molecule has 1 saturated heterocycles. The number of aliphatic hydroxyl groups excluding tert-OH is 1. The van der Waals surface area contributed by atoms with Crippen molar-refractivity contribution < 1.29 is 15.1 Å². The van der Waals surface area contributed by atoms with Crippen LogP contribution in [0.25, 0.3) is 0 Å². The van der Waals surface area contributed by atoms with E-state index in [1.54, 1.807) is 0 Å². The van der Waals surface area contributed by atoms with E-state index in [4.69, 9.17) is 16.0 Å². The molecule has 18 heavy (non-hydrogen) atoms. The summed E-state index contributed by atoms with van der Waals surface area (Å²) < 4.78 is 0. The molecular weight excluding hydrogens is 234 g/mol. The van der Waals surface area contributed by atoms with Crippen LogP contribution in [0.1, 0.15) is 32.1 Å². The third-order valence-electron chi connectivity index (χ3n) is 4.10. The number of nitrogens with two attached hydrogens (primary N) is 1. The van der Waals surface area contributed by atoms with E-state index in [2.05, 4.69) is 5.16 Å². The van der Waals surface area contributed by atoms with Crippen molar-refractivity contribution in [2.45, 2.75) is 32.1 Å². The van der Waals surface area contributed by atoms with Crippen LogP contribution in [0, 0.1) is 11.3 Å². The normalized spacial score (nSPS) is 27.1. The van der Waals surface area contributed by atoms with Gasteiger partial charge < -0.3 is 20.9 Å². The molecule has 2 fully saturated rings. The number of aliphatic hydroxyl groups is 1. The number of piperidine rings is 1. The Bertz CT molecular complexity index is 350. The Morgan fingerprint density at radius 2 is 2.22 bits per heavy atom. The number of likely N-dealkylation sites (tertiary alicyclic amines) is 1. The van der Waals surface area contributed by atoms with Crippen LogP contribution in [0.15, 0.2) is 5.16 Å². The molecule has 1 atom stereocenters. The first-order valence-corrected chi connectivity index (χ1v) is 6.52. The molecule has 2 aliphatic rings. The van der Waals surface area contributed by atoms with Gasteiger partial charge in [-0.25, -0.2) is 0 Å². The molecule has 0 bridgehead atoms. The van der Waals surface area contributed by atoms with Crippen LogP contribution in [0.5, 0.6) is 0 Å². The lowest BCUT2D eigenvalue weighted by Crippen LogP contribution is -2.47. The highest BCUT2D eigenvalue weighted by atomic mass is 16.4.